The van der Waals surface area contributed by atoms with Gasteiger partial charge < -0.3 is 9.84 Å². The number of aliphatic hydroxyl groups excluding tert-OH is 1. The monoisotopic (exact) mass is 219 g/mol. The van der Waals surface area contributed by atoms with E-state index in [1.54, 1.807) is 7.11 Å². The summed E-state index contributed by atoms with van der Waals surface area (Å²) < 4.78 is 4.94. The standard InChI is InChI=1S/C13H17NO2/c1-16-11-10-14(12-15)9-5-8-13-6-3-2-4-7-13/h2-4,6-7,15H,9-12H2,1H3. The maximum atomic E-state index is 9.05. The van der Waals surface area contributed by atoms with Crippen LogP contribution in [-0.4, -0.2) is 43.5 Å². The second kappa shape index (κ2) is 7.89. The van der Waals surface area contributed by atoms with E-state index in [2.05, 4.69) is 11.8 Å². The van der Waals surface area contributed by atoms with Gasteiger partial charge in [0.1, 0.15) is 0 Å². The van der Waals surface area contributed by atoms with Gasteiger partial charge in [0.2, 0.25) is 0 Å². The van der Waals surface area contributed by atoms with E-state index in [1.807, 2.05) is 35.2 Å². The summed E-state index contributed by atoms with van der Waals surface area (Å²) in [5, 5.41) is 9.05. The fourth-order valence-corrected chi connectivity index (χ4v) is 1.20. The highest BCUT2D eigenvalue weighted by Crippen LogP contribution is 1.94. The van der Waals surface area contributed by atoms with Crippen LogP contribution in [0, 0.1) is 11.8 Å². The highest BCUT2D eigenvalue weighted by atomic mass is 16.5. The zero-order valence-corrected chi connectivity index (χ0v) is 9.52. The molecule has 1 rings (SSSR count). The third-order valence-electron chi connectivity index (χ3n) is 2.12. The number of ether oxygens (including phenoxy) is 1. The molecule has 0 spiro atoms. The first-order valence-corrected chi connectivity index (χ1v) is 5.23. The Kier molecular flexibility index (Phi) is 6.28. The lowest BCUT2D eigenvalue weighted by atomic mass is 10.2. The molecular formula is C13H17NO2. The summed E-state index contributed by atoms with van der Waals surface area (Å²) >= 11 is 0. The Morgan fingerprint density at radius 2 is 2.06 bits per heavy atom. The second-order valence-corrected chi connectivity index (χ2v) is 3.35. The van der Waals surface area contributed by atoms with E-state index < -0.39 is 0 Å². The highest BCUT2D eigenvalue weighted by Gasteiger charge is 1.98. The molecule has 0 heterocycles. The van der Waals surface area contributed by atoms with Gasteiger partial charge in [-0.25, -0.2) is 0 Å². The van der Waals surface area contributed by atoms with Crippen LogP contribution in [0.25, 0.3) is 0 Å². The quantitative estimate of drug-likeness (QED) is 0.591. The van der Waals surface area contributed by atoms with Gasteiger partial charge in [0.15, 0.2) is 0 Å². The van der Waals surface area contributed by atoms with Gasteiger partial charge in [0.25, 0.3) is 0 Å². The molecule has 1 aromatic carbocycles. The van der Waals surface area contributed by atoms with Crippen LogP contribution in [0.5, 0.6) is 0 Å². The van der Waals surface area contributed by atoms with Crippen LogP contribution in [0.2, 0.25) is 0 Å². The normalized spacial score (nSPS) is 9.94. The van der Waals surface area contributed by atoms with Crippen molar-refractivity contribution in [3.63, 3.8) is 0 Å². The number of hydrogen-bond donors (Lipinski definition) is 1. The van der Waals surface area contributed by atoms with E-state index in [0.717, 1.165) is 5.56 Å². The highest BCUT2D eigenvalue weighted by molar-refractivity contribution is 5.33. The largest absolute Gasteiger partial charge is 0.383 e. The van der Waals surface area contributed by atoms with Crippen LogP contribution in [-0.2, 0) is 4.74 Å². The maximum absolute atomic E-state index is 9.05. The summed E-state index contributed by atoms with van der Waals surface area (Å²) in [6, 6.07) is 9.80. The molecule has 0 saturated carbocycles. The van der Waals surface area contributed by atoms with Gasteiger partial charge in [-0.2, -0.15) is 0 Å². The Hall–Kier alpha value is -1.34. The van der Waals surface area contributed by atoms with Gasteiger partial charge in [0.05, 0.1) is 19.9 Å². The third kappa shape index (κ3) is 4.94. The van der Waals surface area contributed by atoms with Gasteiger partial charge >= 0.3 is 0 Å². The first-order chi connectivity index (χ1) is 7.86. The van der Waals surface area contributed by atoms with Crippen LogP contribution in [0.3, 0.4) is 0 Å². The topological polar surface area (TPSA) is 32.7 Å². The lowest BCUT2D eigenvalue weighted by molar-refractivity contribution is 0.0855. The van der Waals surface area contributed by atoms with Gasteiger partial charge in [-0.05, 0) is 12.1 Å². The molecule has 86 valence electrons. The minimum absolute atomic E-state index is 0.00678. The van der Waals surface area contributed by atoms with Gasteiger partial charge in [-0.1, -0.05) is 30.0 Å². The number of hydrogen-bond acceptors (Lipinski definition) is 3. The number of benzene rings is 1. The van der Waals surface area contributed by atoms with Crippen LogP contribution in [0.15, 0.2) is 30.3 Å². The number of rotatable bonds is 5. The fourth-order valence-electron chi connectivity index (χ4n) is 1.20. The van der Waals surface area contributed by atoms with Crippen LogP contribution >= 0.6 is 0 Å². The van der Waals surface area contributed by atoms with E-state index in [-0.39, 0.29) is 6.73 Å². The smallest absolute Gasteiger partial charge is 0.0965 e. The van der Waals surface area contributed by atoms with Crippen LogP contribution < -0.4 is 0 Å². The molecule has 0 saturated heterocycles. The van der Waals surface area contributed by atoms with E-state index >= 15 is 0 Å². The Labute approximate surface area is 96.7 Å². The molecular weight excluding hydrogens is 202 g/mol. The van der Waals surface area contributed by atoms with Crippen molar-refractivity contribution >= 4 is 0 Å². The average Bonchev–Trinajstić information content (AvgIpc) is 2.35. The fraction of sp³-hybridized carbons (Fsp3) is 0.385. The van der Waals surface area contributed by atoms with E-state index in [0.29, 0.717) is 19.7 Å². The molecule has 0 aliphatic heterocycles. The number of aliphatic hydroxyl groups is 1. The van der Waals surface area contributed by atoms with Crippen LogP contribution in [0.1, 0.15) is 5.56 Å². The zero-order chi connectivity index (χ0) is 11.6. The van der Waals surface area contributed by atoms with Crippen molar-refractivity contribution in [3.8, 4) is 11.8 Å². The SMILES string of the molecule is COCCN(CO)CC#Cc1ccccc1. The molecule has 0 aromatic heterocycles. The van der Waals surface area contributed by atoms with Crippen molar-refractivity contribution in [2.24, 2.45) is 0 Å². The van der Waals surface area contributed by atoms with Crippen molar-refractivity contribution in [2.45, 2.75) is 0 Å². The minimum atomic E-state index is 0.00678. The summed E-state index contributed by atoms with van der Waals surface area (Å²) in [5.74, 6) is 6.06. The second-order valence-electron chi connectivity index (χ2n) is 3.35. The predicted molar refractivity (Wildman–Crippen MR) is 63.9 cm³/mol. The molecule has 0 atom stereocenters. The Morgan fingerprint density at radius 1 is 1.31 bits per heavy atom. The third-order valence-corrected chi connectivity index (χ3v) is 2.12. The minimum Gasteiger partial charge on any atom is -0.383 e. The molecule has 0 amide bonds. The number of nitrogens with zero attached hydrogens (tertiary/aromatic N) is 1. The Bertz CT molecular complexity index is 340. The lowest BCUT2D eigenvalue weighted by Gasteiger charge is -2.14. The molecule has 0 aliphatic carbocycles. The zero-order valence-electron chi connectivity index (χ0n) is 9.52. The van der Waals surface area contributed by atoms with Gasteiger partial charge in [-0.15, -0.1) is 0 Å². The van der Waals surface area contributed by atoms with Crippen molar-refractivity contribution < 1.29 is 9.84 Å². The lowest BCUT2D eigenvalue weighted by Crippen LogP contribution is -2.28. The van der Waals surface area contributed by atoms with Crippen molar-refractivity contribution in [1.29, 1.82) is 0 Å². The first-order valence-electron chi connectivity index (χ1n) is 5.23. The molecule has 0 bridgehead atoms. The molecule has 0 radical (unpaired) electrons. The van der Waals surface area contributed by atoms with Gasteiger partial charge in [0, 0.05) is 19.2 Å². The van der Waals surface area contributed by atoms with E-state index in [9.17, 15) is 0 Å². The van der Waals surface area contributed by atoms with Crippen molar-refractivity contribution in [3.05, 3.63) is 35.9 Å². The molecule has 0 unspecified atom stereocenters. The molecule has 0 aliphatic rings. The van der Waals surface area contributed by atoms with E-state index in [4.69, 9.17) is 9.84 Å². The summed E-state index contributed by atoms with van der Waals surface area (Å²) in [6.07, 6.45) is 0. The molecule has 3 nitrogen and oxygen atoms in total. The molecule has 16 heavy (non-hydrogen) atoms. The predicted octanol–water partition coefficient (Wildman–Crippen LogP) is 0.936. The Morgan fingerprint density at radius 3 is 2.69 bits per heavy atom. The molecule has 0 fully saturated rings. The first kappa shape index (κ1) is 12.7. The molecule has 3 heteroatoms. The van der Waals surface area contributed by atoms with Crippen LogP contribution in [0.4, 0.5) is 0 Å². The average molecular weight is 219 g/mol. The van der Waals surface area contributed by atoms with E-state index in [1.165, 1.54) is 0 Å². The maximum Gasteiger partial charge on any atom is 0.0965 e. The molecule has 1 aromatic rings. The summed E-state index contributed by atoms with van der Waals surface area (Å²) in [4.78, 5) is 1.82. The number of methoxy groups -OCH3 is 1. The summed E-state index contributed by atoms with van der Waals surface area (Å²) in [6.45, 7) is 1.85. The summed E-state index contributed by atoms with van der Waals surface area (Å²) in [7, 11) is 1.64. The van der Waals surface area contributed by atoms with Crippen molar-refractivity contribution in [1.82, 2.24) is 4.90 Å². The van der Waals surface area contributed by atoms with Crippen molar-refractivity contribution in [2.75, 3.05) is 33.5 Å². The Balaban J connectivity index is 2.40. The molecule has 1 N–H and O–H groups in total. The van der Waals surface area contributed by atoms with Gasteiger partial charge in [-0.3, -0.25) is 4.90 Å². The summed E-state index contributed by atoms with van der Waals surface area (Å²) in [5.41, 5.74) is 0.993.